The summed E-state index contributed by atoms with van der Waals surface area (Å²) in [7, 11) is 0. The first-order valence-electron chi connectivity index (χ1n) is 12.4. The van der Waals surface area contributed by atoms with Crippen molar-refractivity contribution in [3.8, 4) is 0 Å². The van der Waals surface area contributed by atoms with Gasteiger partial charge in [-0.1, -0.05) is 24.3 Å². The summed E-state index contributed by atoms with van der Waals surface area (Å²) in [6, 6.07) is 21.1. The van der Waals surface area contributed by atoms with Crippen LogP contribution >= 0.6 is 0 Å². The van der Waals surface area contributed by atoms with Gasteiger partial charge in [0.1, 0.15) is 0 Å². The molecule has 0 bridgehead atoms. The Bertz CT molecular complexity index is 1530. The van der Waals surface area contributed by atoms with Crippen LogP contribution in [0.25, 0.3) is 21.8 Å². The van der Waals surface area contributed by atoms with Gasteiger partial charge in [0.15, 0.2) is 0 Å². The molecule has 4 aromatic rings. The Morgan fingerprint density at radius 3 is 2.05 bits per heavy atom. The third-order valence-electron chi connectivity index (χ3n) is 6.73. The first-order chi connectivity index (χ1) is 18.7. The molecule has 202 valence electrons. The van der Waals surface area contributed by atoms with Crippen molar-refractivity contribution in [2.45, 2.75) is 20.0 Å². The quantitative estimate of drug-likeness (QED) is 0.224. The van der Waals surface area contributed by atoms with Crippen LogP contribution in [0.15, 0.2) is 66.7 Å². The summed E-state index contributed by atoms with van der Waals surface area (Å²) < 4.78 is 2.36. The Balaban J connectivity index is 0.000000531. The maximum Gasteiger partial charge on any atom is 0.414 e. The summed E-state index contributed by atoms with van der Waals surface area (Å²) in [5.41, 5.74) is 4.30. The van der Waals surface area contributed by atoms with E-state index < -0.39 is 16.9 Å². The molecule has 1 saturated heterocycles. The van der Waals surface area contributed by atoms with Crippen LogP contribution in [0.5, 0.6) is 0 Å². The van der Waals surface area contributed by atoms with Gasteiger partial charge in [0.25, 0.3) is 11.6 Å². The van der Waals surface area contributed by atoms with E-state index in [1.54, 1.807) is 0 Å². The number of aromatic nitrogens is 1. The van der Waals surface area contributed by atoms with Crippen LogP contribution in [0, 0.1) is 10.1 Å². The number of nitro groups is 1. The summed E-state index contributed by atoms with van der Waals surface area (Å²) in [6.45, 7) is 6.86. The molecular formula is C28H28N4O7. The van der Waals surface area contributed by atoms with Gasteiger partial charge < -0.3 is 19.7 Å². The molecule has 0 radical (unpaired) electrons. The molecule has 1 aliphatic rings. The van der Waals surface area contributed by atoms with Gasteiger partial charge in [-0.3, -0.25) is 19.8 Å². The average molecular weight is 533 g/mol. The summed E-state index contributed by atoms with van der Waals surface area (Å²) in [4.78, 5) is 45.6. The number of nitro benzene ring substituents is 1. The fourth-order valence-electron chi connectivity index (χ4n) is 4.82. The number of rotatable bonds is 5. The number of hydrogen-bond acceptors (Lipinski definition) is 6. The molecule has 5 rings (SSSR count). The lowest BCUT2D eigenvalue weighted by Crippen LogP contribution is -2.48. The molecule has 1 fully saturated rings. The van der Waals surface area contributed by atoms with Gasteiger partial charge in [-0.15, -0.1) is 0 Å². The zero-order chi connectivity index (χ0) is 28.1. The predicted octanol–water partition coefficient (Wildman–Crippen LogP) is 3.84. The number of non-ortho nitro benzene ring substituents is 1. The molecule has 1 aromatic heterocycles. The second-order valence-corrected chi connectivity index (χ2v) is 9.10. The minimum absolute atomic E-state index is 0.00426. The third kappa shape index (κ3) is 6.04. The van der Waals surface area contributed by atoms with Gasteiger partial charge in [-0.05, 0) is 42.8 Å². The summed E-state index contributed by atoms with van der Waals surface area (Å²) in [6.07, 6.45) is 0. The van der Waals surface area contributed by atoms with Crippen molar-refractivity contribution in [3.05, 3.63) is 88.0 Å². The molecule has 1 aliphatic heterocycles. The van der Waals surface area contributed by atoms with Gasteiger partial charge in [0.05, 0.1) is 4.92 Å². The van der Waals surface area contributed by atoms with Gasteiger partial charge in [0.2, 0.25) is 0 Å². The number of aryl methyl sites for hydroxylation is 1. The molecule has 39 heavy (non-hydrogen) atoms. The van der Waals surface area contributed by atoms with Crippen LogP contribution in [0.2, 0.25) is 0 Å². The van der Waals surface area contributed by atoms with E-state index in [0.717, 1.165) is 26.2 Å². The number of hydrogen-bond donors (Lipinski definition) is 2. The summed E-state index contributed by atoms with van der Waals surface area (Å²) >= 11 is 0. The van der Waals surface area contributed by atoms with Crippen LogP contribution in [-0.4, -0.2) is 73.5 Å². The standard InChI is InChI=1S/C26H26N4O3.C2H2O4/c1-2-29-24-6-4-3-5-22(24)23-17-19(7-12-25(23)29)18-27-13-15-28(16-14-27)26(31)20-8-10-21(11-9-20)30(32)33;3-1(4)2(5)6/h3-12,17H,2,13-16,18H2,1H3;(H,3,4)(H,5,6). The summed E-state index contributed by atoms with van der Waals surface area (Å²) in [5.74, 6) is -3.72. The van der Waals surface area contributed by atoms with Gasteiger partial charge in [0, 0.05) is 78.8 Å². The molecule has 1 amide bonds. The van der Waals surface area contributed by atoms with Crippen molar-refractivity contribution in [1.82, 2.24) is 14.4 Å². The van der Waals surface area contributed by atoms with Crippen molar-refractivity contribution < 1.29 is 29.5 Å². The van der Waals surface area contributed by atoms with Crippen molar-refractivity contribution in [2.24, 2.45) is 0 Å². The van der Waals surface area contributed by atoms with E-state index >= 15 is 0 Å². The van der Waals surface area contributed by atoms with Crippen LogP contribution in [0.1, 0.15) is 22.8 Å². The molecule has 0 saturated carbocycles. The number of aliphatic carboxylic acids is 2. The van der Waals surface area contributed by atoms with Gasteiger partial charge in [-0.2, -0.15) is 0 Å². The number of carbonyl (C=O) groups excluding carboxylic acids is 1. The third-order valence-corrected chi connectivity index (χ3v) is 6.73. The monoisotopic (exact) mass is 532 g/mol. The second kappa shape index (κ2) is 11.7. The maximum absolute atomic E-state index is 12.8. The second-order valence-electron chi connectivity index (χ2n) is 9.10. The number of amides is 1. The molecule has 11 nitrogen and oxygen atoms in total. The highest BCUT2D eigenvalue weighted by Gasteiger charge is 2.23. The molecule has 0 aliphatic carbocycles. The van der Waals surface area contributed by atoms with E-state index in [9.17, 15) is 14.9 Å². The largest absolute Gasteiger partial charge is 0.473 e. The minimum Gasteiger partial charge on any atom is -0.473 e. The number of para-hydroxylation sites is 1. The highest BCUT2D eigenvalue weighted by molar-refractivity contribution is 6.27. The molecule has 0 atom stereocenters. The SMILES string of the molecule is CCn1c2ccccc2c2cc(CN3CCN(C(=O)c4ccc([N+](=O)[O-])cc4)CC3)ccc21.O=C(O)C(=O)O. The lowest BCUT2D eigenvalue weighted by Gasteiger charge is -2.34. The van der Waals surface area contributed by atoms with E-state index in [1.165, 1.54) is 51.6 Å². The number of carboxylic acid groups (broad SMARTS) is 2. The average Bonchev–Trinajstić information content (AvgIpc) is 3.26. The number of benzene rings is 3. The van der Waals surface area contributed by atoms with Crippen molar-refractivity contribution in [3.63, 3.8) is 0 Å². The van der Waals surface area contributed by atoms with Crippen LogP contribution in [0.3, 0.4) is 0 Å². The predicted molar refractivity (Wildman–Crippen MR) is 145 cm³/mol. The van der Waals surface area contributed by atoms with Crippen LogP contribution in [-0.2, 0) is 22.7 Å². The Hall–Kier alpha value is -4.77. The molecular weight excluding hydrogens is 504 g/mol. The smallest absolute Gasteiger partial charge is 0.414 e. The van der Waals surface area contributed by atoms with E-state index in [-0.39, 0.29) is 11.6 Å². The highest BCUT2D eigenvalue weighted by atomic mass is 16.6. The van der Waals surface area contributed by atoms with E-state index in [4.69, 9.17) is 19.8 Å². The normalized spacial score (nSPS) is 13.6. The zero-order valence-corrected chi connectivity index (χ0v) is 21.3. The minimum atomic E-state index is -1.82. The molecule has 2 N–H and O–H groups in total. The molecule has 0 spiro atoms. The van der Waals surface area contributed by atoms with Crippen molar-refractivity contribution >= 4 is 45.3 Å². The van der Waals surface area contributed by atoms with Gasteiger partial charge >= 0.3 is 11.9 Å². The zero-order valence-electron chi connectivity index (χ0n) is 21.3. The van der Waals surface area contributed by atoms with Crippen molar-refractivity contribution in [1.29, 1.82) is 0 Å². The van der Waals surface area contributed by atoms with Crippen molar-refractivity contribution in [2.75, 3.05) is 26.2 Å². The number of piperazine rings is 1. The first-order valence-corrected chi connectivity index (χ1v) is 12.4. The van der Waals surface area contributed by atoms with E-state index in [0.29, 0.717) is 18.7 Å². The Morgan fingerprint density at radius 2 is 1.46 bits per heavy atom. The topological polar surface area (TPSA) is 146 Å². The first kappa shape index (κ1) is 27.3. The number of carboxylic acids is 2. The molecule has 11 heteroatoms. The number of fused-ring (bicyclic) bond motifs is 3. The summed E-state index contributed by atoms with van der Waals surface area (Å²) in [5, 5.41) is 28.2. The lowest BCUT2D eigenvalue weighted by molar-refractivity contribution is -0.384. The Kier molecular flexibility index (Phi) is 8.21. The fraction of sp³-hybridized carbons (Fsp3) is 0.250. The number of carbonyl (C=O) groups is 3. The number of nitrogens with zero attached hydrogens (tertiary/aromatic N) is 4. The van der Waals surface area contributed by atoms with Gasteiger partial charge in [-0.25, -0.2) is 9.59 Å². The molecule has 3 aromatic carbocycles. The van der Waals surface area contributed by atoms with E-state index in [2.05, 4.69) is 58.9 Å². The highest BCUT2D eigenvalue weighted by Crippen LogP contribution is 2.30. The van der Waals surface area contributed by atoms with Crippen LogP contribution < -0.4 is 0 Å². The maximum atomic E-state index is 12.8. The molecule has 0 unspecified atom stereocenters. The fourth-order valence-corrected chi connectivity index (χ4v) is 4.82. The lowest BCUT2D eigenvalue weighted by atomic mass is 10.1. The van der Waals surface area contributed by atoms with Crippen LogP contribution in [0.4, 0.5) is 5.69 Å². The Labute approximate surface area is 223 Å². The van der Waals surface area contributed by atoms with E-state index in [1.807, 2.05) is 4.90 Å². The Morgan fingerprint density at radius 1 is 0.846 bits per heavy atom. The molecule has 2 heterocycles.